The molecule has 4 nitrogen and oxygen atoms in total. The fraction of sp³-hybridized carbons (Fsp3) is 0.769. The number of ether oxygens (including phenoxy) is 1. The summed E-state index contributed by atoms with van der Waals surface area (Å²) in [5, 5.41) is 4.34. The molecule has 1 aliphatic heterocycles. The van der Waals surface area contributed by atoms with Crippen molar-refractivity contribution >= 4 is 0 Å². The van der Waals surface area contributed by atoms with E-state index in [-0.39, 0.29) is 11.6 Å². The molecule has 2 unspecified atom stereocenters. The van der Waals surface area contributed by atoms with Crippen LogP contribution in [-0.4, -0.2) is 22.0 Å². The summed E-state index contributed by atoms with van der Waals surface area (Å²) in [6.07, 6.45) is 5.19. The second kappa shape index (κ2) is 4.78. The fourth-order valence-electron chi connectivity index (χ4n) is 2.52. The first-order valence-electron chi connectivity index (χ1n) is 6.47. The number of hydrogen-bond acceptors (Lipinski definition) is 3. The highest BCUT2D eigenvalue weighted by Gasteiger charge is 2.37. The molecule has 0 radical (unpaired) electrons. The smallest absolute Gasteiger partial charge is 0.0861 e. The van der Waals surface area contributed by atoms with E-state index < -0.39 is 0 Å². The van der Waals surface area contributed by atoms with Gasteiger partial charge in [-0.25, -0.2) is 0 Å². The Balaban J connectivity index is 2.23. The molecule has 2 atom stereocenters. The first-order valence-corrected chi connectivity index (χ1v) is 6.47. The van der Waals surface area contributed by atoms with Gasteiger partial charge < -0.3 is 10.5 Å². The van der Waals surface area contributed by atoms with Gasteiger partial charge in [-0.05, 0) is 46.1 Å². The van der Waals surface area contributed by atoms with Crippen molar-refractivity contribution in [2.75, 3.05) is 6.61 Å². The van der Waals surface area contributed by atoms with E-state index in [4.69, 9.17) is 10.5 Å². The summed E-state index contributed by atoms with van der Waals surface area (Å²) >= 11 is 0. The highest BCUT2D eigenvalue weighted by molar-refractivity contribution is 5.13. The van der Waals surface area contributed by atoms with Crippen molar-refractivity contribution in [3.05, 3.63) is 18.0 Å². The van der Waals surface area contributed by atoms with Crippen LogP contribution in [0.1, 0.15) is 57.8 Å². The molecule has 17 heavy (non-hydrogen) atoms. The largest absolute Gasteiger partial charge is 0.373 e. The molecule has 96 valence electrons. The number of nitrogens with zero attached hydrogens (tertiary/aromatic N) is 2. The maximum Gasteiger partial charge on any atom is 0.0861 e. The molecule has 4 heteroatoms. The predicted octanol–water partition coefficient (Wildman–Crippen LogP) is 2.42. The van der Waals surface area contributed by atoms with Gasteiger partial charge in [0.05, 0.1) is 17.3 Å². The molecule has 0 bridgehead atoms. The van der Waals surface area contributed by atoms with Crippen molar-refractivity contribution in [3.8, 4) is 0 Å². The maximum atomic E-state index is 6.40. The van der Waals surface area contributed by atoms with E-state index in [1.165, 1.54) is 6.42 Å². The Morgan fingerprint density at radius 1 is 1.47 bits per heavy atom. The number of rotatable bonds is 3. The van der Waals surface area contributed by atoms with Crippen LogP contribution >= 0.6 is 0 Å². The third-order valence-corrected chi connectivity index (χ3v) is 3.67. The van der Waals surface area contributed by atoms with E-state index in [1.54, 1.807) is 0 Å². The fourth-order valence-corrected chi connectivity index (χ4v) is 2.52. The zero-order valence-corrected chi connectivity index (χ0v) is 11.0. The Hall–Kier alpha value is -0.870. The Morgan fingerprint density at radius 3 is 2.82 bits per heavy atom. The lowest BCUT2D eigenvalue weighted by Crippen LogP contribution is -2.44. The Kier molecular flexibility index (Phi) is 3.54. The predicted molar refractivity (Wildman–Crippen MR) is 67.7 cm³/mol. The first-order chi connectivity index (χ1) is 8.04. The summed E-state index contributed by atoms with van der Waals surface area (Å²) < 4.78 is 7.91. The van der Waals surface area contributed by atoms with Gasteiger partial charge in [-0.2, -0.15) is 5.10 Å². The standard InChI is InChI=1S/C13H23N3O/c1-10(2)16-11(6-8-15-16)12(14)13(3)7-4-5-9-17-13/h6,8,10,12H,4-5,7,9,14H2,1-3H3. The van der Waals surface area contributed by atoms with E-state index in [0.29, 0.717) is 6.04 Å². The van der Waals surface area contributed by atoms with E-state index in [0.717, 1.165) is 25.1 Å². The van der Waals surface area contributed by atoms with Crippen molar-refractivity contribution in [1.29, 1.82) is 0 Å². The van der Waals surface area contributed by atoms with Crippen molar-refractivity contribution in [3.63, 3.8) is 0 Å². The van der Waals surface area contributed by atoms with Crippen LogP contribution < -0.4 is 5.73 Å². The molecule has 2 rings (SSSR count). The normalized spacial score (nSPS) is 27.4. The van der Waals surface area contributed by atoms with Gasteiger partial charge >= 0.3 is 0 Å². The summed E-state index contributed by atoms with van der Waals surface area (Å²) in [6.45, 7) is 7.18. The van der Waals surface area contributed by atoms with Gasteiger partial charge in [0.25, 0.3) is 0 Å². The second-order valence-corrected chi connectivity index (χ2v) is 5.39. The van der Waals surface area contributed by atoms with Crippen LogP contribution in [0.15, 0.2) is 12.3 Å². The quantitative estimate of drug-likeness (QED) is 0.878. The Bertz CT molecular complexity index is 366. The Labute approximate surface area is 103 Å². The van der Waals surface area contributed by atoms with Gasteiger partial charge in [0.2, 0.25) is 0 Å². The van der Waals surface area contributed by atoms with Gasteiger partial charge in [0.15, 0.2) is 0 Å². The summed E-state index contributed by atoms with van der Waals surface area (Å²) in [5.41, 5.74) is 7.23. The lowest BCUT2D eigenvalue weighted by atomic mass is 9.87. The highest BCUT2D eigenvalue weighted by Crippen LogP contribution is 2.35. The Morgan fingerprint density at radius 2 is 2.24 bits per heavy atom. The minimum Gasteiger partial charge on any atom is -0.373 e. The maximum absolute atomic E-state index is 6.40. The van der Waals surface area contributed by atoms with Crippen molar-refractivity contribution in [2.45, 2.75) is 57.7 Å². The van der Waals surface area contributed by atoms with Gasteiger partial charge in [-0.15, -0.1) is 0 Å². The molecule has 0 amide bonds. The molecular weight excluding hydrogens is 214 g/mol. The van der Waals surface area contributed by atoms with E-state index >= 15 is 0 Å². The average Bonchev–Trinajstić information content (AvgIpc) is 2.77. The minimum atomic E-state index is -0.245. The third-order valence-electron chi connectivity index (χ3n) is 3.67. The van der Waals surface area contributed by atoms with Gasteiger partial charge in [-0.1, -0.05) is 0 Å². The molecule has 0 spiro atoms. The topological polar surface area (TPSA) is 53.1 Å². The molecule has 0 aliphatic carbocycles. The van der Waals surface area contributed by atoms with E-state index in [2.05, 4.69) is 25.9 Å². The van der Waals surface area contributed by atoms with E-state index in [1.807, 2.05) is 16.9 Å². The van der Waals surface area contributed by atoms with Crippen molar-refractivity contribution in [2.24, 2.45) is 5.73 Å². The van der Waals surface area contributed by atoms with Gasteiger partial charge in [0.1, 0.15) is 0 Å². The number of hydrogen-bond donors (Lipinski definition) is 1. The van der Waals surface area contributed by atoms with Crippen molar-refractivity contribution < 1.29 is 4.74 Å². The molecule has 0 saturated carbocycles. The average molecular weight is 237 g/mol. The lowest BCUT2D eigenvalue weighted by molar-refractivity contribution is -0.0836. The van der Waals surface area contributed by atoms with Crippen LogP contribution in [0.4, 0.5) is 0 Å². The van der Waals surface area contributed by atoms with Crippen LogP contribution in [0, 0.1) is 0 Å². The number of aromatic nitrogens is 2. The third kappa shape index (κ3) is 2.38. The number of nitrogens with two attached hydrogens (primary N) is 1. The van der Waals surface area contributed by atoms with Gasteiger partial charge in [0, 0.05) is 18.8 Å². The molecule has 1 aromatic rings. The molecule has 1 fully saturated rings. The SMILES string of the molecule is CC(C)n1nccc1C(N)C1(C)CCCCO1. The van der Waals surface area contributed by atoms with Crippen LogP contribution in [0.3, 0.4) is 0 Å². The first kappa shape index (κ1) is 12.6. The summed E-state index contributed by atoms with van der Waals surface area (Å²) in [5.74, 6) is 0. The summed E-state index contributed by atoms with van der Waals surface area (Å²) in [7, 11) is 0. The molecule has 2 N–H and O–H groups in total. The minimum absolute atomic E-state index is 0.104. The van der Waals surface area contributed by atoms with Crippen LogP contribution in [-0.2, 0) is 4.74 Å². The summed E-state index contributed by atoms with van der Waals surface area (Å²) in [6, 6.07) is 2.24. The zero-order chi connectivity index (χ0) is 12.5. The van der Waals surface area contributed by atoms with Crippen LogP contribution in [0.5, 0.6) is 0 Å². The molecule has 1 saturated heterocycles. The zero-order valence-electron chi connectivity index (χ0n) is 11.0. The molecular formula is C13H23N3O. The lowest BCUT2D eigenvalue weighted by Gasteiger charge is -2.39. The molecule has 0 aromatic carbocycles. The van der Waals surface area contributed by atoms with Crippen LogP contribution in [0.2, 0.25) is 0 Å². The van der Waals surface area contributed by atoms with Gasteiger partial charge in [-0.3, -0.25) is 4.68 Å². The molecule has 2 heterocycles. The highest BCUT2D eigenvalue weighted by atomic mass is 16.5. The molecule has 1 aromatic heterocycles. The monoisotopic (exact) mass is 237 g/mol. The summed E-state index contributed by atoms with van der Waals surface area (Å²) in [4.78, 5) is 0. The van der Waals surface area contributed by atoms with Crippen LogP contribution in [0.25, 0.3) is 0 Å². The van der Waals surface area contributed by atoms with Crippen molar-refractivity contribution in [1.82, 2.24) is 9.78 Å². The van der Waals surface area contributed by atoms with E-state index in [9.17, 15) is 0 Å². The second-order valence-electron chi connectivity index (χ2n) is 5.39. The molecule has 1 aliphatic rings.